The van der Waals surface area contributed by atoms with Crippen LogP contribution in [0, 0.1) is 11.7 Å². The maximum Gasteiger partial charge on any atom is 0.238 e. The van der Waals surface area contributed by atoms with E-state index >= 15 is 0 Å². The summed E-state index contributed by atoms with van der Waals surface area (Å²) >= 11 is 0. The highest BCUT2D eigenvalue weighted by Gasteiger charge is 2.33. The van der Waals surface area contributed by atoms with Gasteiger partial charge in [-0.25, -0.2) is 4.39 Å². The Hall–Kier alpha value is -1.99. The van der Waals surface area contributed by atoms with Crippen molar-refractivity contribution in [1.82, 2.24) is 20.9 Å². The summed E-state index contributed by atoms with van der Waals surface area (Å²) in [6.45, 7) is 3.97. The van der Waals surface area contributed by atoms with Crippen molar-refractivity contribution in [2.75, 3.05) is 14.1 Å². The summed E-state index contributed by atoms with van der Waals surface area (Å²) in [4.78, 5) is 26.5. The number of nitrogens with one attached hydrogen (secondary N) is 3. The summed E-state index contributed by atoms with van der Waals surface area (Å²) in [6, 6.07) is 4.36. The molecule has 3 rings (SSSR count). The van der Waals surface area contributed by atoms with Crippen LogP contribution in [0.25, 0.3) is 0 Å². The monoisotopic (exact) mass is 376 g/mol. The summed E-state index contributed by atoms with van der Waals surface area (Å²) in [5, 5.41) is 8.92. The molecule has 0 spiro atoms. The van der Waals surface area contributed by atoms with Crippen LogP contribution in [0.1, 0.15) is 56.2 Å². The molecule has 1 aromatic carbocycles. The van der Waals surface area contributed by atoms with E-state index in [-0.39, 0.29) is 36.0 Å². The molecular formula is C20H29FN4O2. The van der Waals surface area contributed by atoms with Crippen LogP contribution >= 0.6 is 0 Å². The van der Waals surface area contributed by atoms with Gasteiger partial charge in [-0.3, -0.25) is 19.8 Å². The van der Waals surface area contributed by atoms with E-state index in [1.54, 1.807) is 11.0 Å². The summed E-state index contributed by atoms with van der Waals surface area (Å²) in [6.07, 6.45) is 1.78. The SMILES string of the molecule is CC(C)[C@@H](NC(=O)C1CC(=O)NC(N(C)C)N1)c1ccc(C2CC2)c(F)c1. The number of amides is 2. The Bertz CT molecular complexity index is 718. The molecule has 6 nitrogen and oxygen atoms in total. The van der Waals surface area contributed by atoms with Crippen LogP contribution in [0.4, 0.5) is 4.39 Å². The normalized spacial score (nSPS) is 24.0. The molecule has 1 saturated carbocycles. The van der Waals surface area contributed by atoms with Gasteiger partial charge in [-0.1, -0.05) is 26.0 Å². The Morgan fingerprint density at radius 1 is 1.30 bits per heavy atom. The molecular weight excluding hydrogens is 347 g/mol. The molecule has 1 heterocycles. The number of carbonyl (C=O) groups is 2. The van der Waals surface area contributed by atoms with E-state index in [0.717, 1.165) is 24.0 Å². The maximum absolute atomic E-state index is 14.5. The third-order valence-corrected chi connectivity index (χ3v) is 5.24. The Morgan fingerprint density at radius 2 is 2.00 bits per heavy atom. The molecule has 2 fully saturated rings. The van der Waals surface area contributed by atoms with Crippen LogP contribution in [-0.4, -0.2) is 43.1 Å². The lowest BCUT2D eigenvalue weighted by Crippen LogP contribution is -2.65. The topological polar surface area (TPSA) is 73.5 Å². The largest absolute Gasteiger partial charge is 0.348 e. The van der Waals surface area contributed by atoms with Crippen molar-refractivity contribution in [2.24, 2.45) is 5.92 Å². The van der Waals surface area contributed by atoms with Gasteiger partial charge in [0.1, 0.15) is 12.1 Å². The van der Waals surface area contributed by atoms with E-state index in [2.05, 4.69) is 16.0 Å². The van der Waals surface area contributed by atoms with E-state index in [0.29, 0.717) is 5.92 Å². The van der Waals surface area contributed by atoms with Crippen molar-refractivity contribution in [3.63, 3.8) is 0 Å². The fraction of sp³-hybridized carbons (Fsp3) is 0.600. The first-order chi connectivity index (χ1) is 12.8. The quantitative estimate of drug-likeness (QED) is 0.708. The summed E-state index contributed by atoms with van der Waals surface area (Å²) in [5.41, 5.74) is 1.52. The number of hydrogen-bond donors (Lipinski definition) is 3. The molecule has 7 heteroatoms. The summed E-state index contributed by atoms with van der Waals surface area (Å²) in [5.74, 6) is -0.186. The predicted octanol–water partition coefficient (Wildman–Crippen LogP) is 1.84. The lowest BCUT2D eigenvalue weighted by molar-refractivity contribution is -0.134. The number of nitrogens with zero attached hydrogens (tertiary/aromatic N) is 1. The van der Waals surface area contributed by atoms with Gasteiger partial charge in [0.15, 0.2) is 0 Å². The number of benzene rings is 1. The molecule has 1 saturated heterocycles. The second-order valence-corrected chi connectivity index (χ2v) is 8.14. The van der Waals surface area contributed by atoms with Crippen LogP contribution in [-0.2, 0) is 9.59 Å². The molecule has 1 aliphatic heterocycles. The van der Waals surface area contributed by atoms with Gasteiger partial charge in [-0.2, -0.15) is 0 Å². The average Bonchev–Trinajstić information content (AvgIpc) is 3.43. The van der Waals surface area contributed by atoms with E-state index < -0.39 is 12.3 Å². The molecule has 2 unspecified atom stereocenters. The Kier molecular flexibility index (Phi) is 5.81. The molecule has 1 aliphatic carbocycles. The van der Waals surface area contributed by atoms with Crippen LogP contribution in [0.2, 0.25) is 0 Å². The number of carbonyl (C=O) groups excluding carboxylic acids is 2. The zero-order valence-electron chi connectivity index (χ0n) is 16.4. The highest BCUT2D eigenvalue weighted by atomic mass is 19.1. The second-order valence-electron chi connectivity index (χ2n) is 8.14. The fourth-order valence-electron chi connectivity index (χ4n) is 3.49. The highest BCUT2D eigenvalue weighted by molar-refractivity contribution is 5.89. The van der Waals surface area contributed by atoms with Gasteiger partial charge in [0.25, 0.3) is 0 Å². The fourth-order valence-corrected chi connectivity index (χ4v) is 3.49. The lowest BCUT2D eigenvalue weighted by atomic mass is 9.93. The van der Waals surface area contributed by atoms with E-state index in [1.165, 1.54) is 0 Å². The summed E-state index contributed by atoms with van der Waals surface area (Å²) in [7, 11) is 3.64. The van der Waals surface area contributed by atoms with Gasteiger partial charge in [0.05, 0.1) is 18.5 Å². The van der Waals surface area contributed by atoms with Crippen LogP contribution < -0.4 is 16.0 Å². The van der Waals surface area contributed by atoms with Crippen LogP contribution in [0.15, 0.2) is 18.2 Å². The van der Waals surface area contributed by atoms with Crippen molar-refractivity contribution in [1.29, 1.82) is 0 Å². The minimum absolute atomic E-state index is 0.0793. The molecule has 3 atom stereocenters. The van der Waals surface area contributed by atoms with E-state index in [1.807, 2.05) is 40.1 Å². The molecule has 1 aromatic rings. The highest BCUT2D eigenvalue weighted by Crippen LogP contribution is 2.41. The van der Waals surface area contributed by atoms with Crippen LogP contribution in [0.3, 0.4) is 0 Å². The first-order valence-electron chi connectivity index (χ1n) is 9.57. The average molecular weight is 376 g/mol. The number of hydrogen-bond acceptors (Lipinski definition) is 4. The Labute approximate surface area is 159 Å². The zero-order valence-corrected chi connectivity index (χ0v) is 16.4. The smallest absolute Gasteiger partial charge is 0.238 e. The van der Waals surface area contributed by atoms with E-state index in [9.17, 15) is 14.0 Å². The zero-order chi connectivity index (χ0) is 19.7. The minimum Gasteiger partial charge on any atom is -0.348 e. The second kappa shape index (κ2) is 7.94. The molecule has 148 valence electrons. The van der Waals surface area contributed by atoms with Crippen molar-refractivity contribution >= 4 is 11.8 Å². The summed E-state index contributed by atoms with van der Waals surface area (Å²) < 4.78 is 14.5. The van der Waals surface area contributed by atoms with E-state index in [4.69, 9.17) is 0 Å². The van der Waals surface area contributed by atoms with Gasteiger partial charge in [0.2, 0.25) is 11.8 Å². The predicted molar refractivity (Wildman–Crippen MR) is 101 cm³/mol. The molecule has 0 radical (unpaired) electrons. The lowest BCUT2D eigenvalue weighted by Gasteiger charge is -2.35. The molecule has 0 bridgehead atoms. The standard InChI is InChI=1S/C20H29FN4O2/c1-11(2)18(13-7-8-14(12-5-6-12)15(21)9-13)24-19(27)16-10-17(26)23-20(22-16)25(3)4/h7-9,11-12,16,18,20,22H,5-6,10H2,1-4H3,(H,23,26)(H,24,27)/t16?,18-,20?/m1/s1. The van der Waals surface area contributed by atoms with Crippen LogP contribution in [0.5, 0.6) is 0 Å². The van der Waals surface area contributed by atoms with Gasteiger partial charge < -0.3 is 10.6 Å². The van der Waals surface area contributed by atoms with Crippen molar-refractivity contribution in [3.8, 4) is 0 Å². The first kappa shape index (κ1) is 19.8. The van der Waals surface area contributed by atoms with Crippen molar-refractivity contribution < 1.29 is 14.0 Å². The molecule has 3 N–H and O–H groups in total. The maximum atomic E-state index is 14.5. The van der Waals surface area contributed by atoms with Gasteiger partial charge >= 0.3 is 0 Å². The van der Waals surface area contributed by atoms with Crippen molar-refractivity contribution in [2.45, 2.75) is 57.4 Å². The third kappa shape index (κ3) is 4.65. The molecule has 27 heavy (non-hydrogen) atoms. The van der Waals surface area contributed by atoms with Gasteiger partial charge in [-0.05, 0) is 56.0 Å². The molecule has 2 amide bonds. The number of halogens is 1. The van der Waals surface area contributed by atoms with Gasteiger partial charge in [-0.15, -0.1) is 0 Å². The molecule has 0 aromatic heterocycles. The Balaban J connectivity index is 1.73. The number of rotatable bonds is 6. The Morgan fingerprint density at radius 3 is 2.56 bits per heavy atom. The minimum atomic E-state index is -0.622. The third-order valence-electron chi connectivity index (χ3n) is 5.24. The first-order valence-corrected chi connectivity index (χ1v) is 9.57. The molecule has 2 aliphatic rings. The van der Waals surface area contributed by atoms with Gasteiger partial charge in [0, 0.05) is 0 Å². The van der Waals surface area contributed by atoms with Crippen molar-refractivity contribution in [3.05, 3.63) is 35.1 Å².